The van der Waals surface area contributed by atoms with Crippen molar-refractivity contribution in [1.82, 2.24) is 4.57 Å². The molecule has 0 atom stereocenters. The topological polar surface area (TPSA) is 79.1 Å². The van der Waals surface area contributed by atoms with E-state index in [2.05, 4.69) is 4.99 Å². The van der Waals surface area contributed by atoms with Crippen LogP contribution in [0.4, 0.5) is 0 Å². The third kappa shape index (κ3) is 4.57. The summed E-state index contributed by atoms with van der Waals surface area (Å²) in [5, 5.41) is 0. The number of thiazole rings is 1. The van der Waals surface area contributed by atoms with Gasteiger partial charge in [0.05, 0.1) is 34.9 Å². The lowest BCUT2D eigenvalue weighted by Crippen LogP contribution is -2.23. The van der Waals surface area contributed by atoms with Crippen LogP contribution in [0.5, 0.6) is 11.5 Å². The van der Waals surface area contributed by atoms with Gasteiger partial charge in [-0.1, -0.05) is 47.7 Å². The van der Waals surface area contributed by atoms with Crippen molar-refractivity contribution in [3.8, 4) is 11.5 Å². The van der Waals surface area contributed by atoms with Gasteiger partial charge in [0.2, 0.25) is 0 Å². The summed E-state index contributed by atoms with van der Waals surface area (Å²) >= 11 is 1.37. The maximum absolute atomic E-state index is 13.8. The molecule has 2 heterocycles. The summed E-state index contributed by atoms with van der Waals surface area (Å²) in [6, 6.07) is 20.5. The van der Waals surface area contributed by atoms with Gasteiger partial charge in [0.15, 0.2) is 4.80 Å². The van der Waals surface area contributed by atoms with Crippen LogP contribution in [0.3, 0.4) is 0 Å². The fourth-order valence-electron chi connectivity index (χ4n) is 4.35. The number of nitrogens with zero attached hydrogens (tertiary/aromatic N) is 2. The average Bonchev–Trinajstić information content (AvgIpc) is 3.23. The van der Waals surface area contributed by atoms with Gasteiger partial charge >= 0.3 is 5.97 Å². The molecule has 1 aliphatic rings. The van der Waals surface area contributed by atoms with Gasteiger partial charge in [0.25, 0.3) is 5.91 Å². The Kier molecular flexibility index (Phi) is 6.97. The van der Waals surface area contributed by atoms with Crippen LogP contribution in [0.2, 0.25) is 0 Å². The highest BCUT2D eigenvalue weighted by molar-refractivity contribution is 7.16. The van der Waals surface area contributed by atoms with Gasteiger partial charge in [0.1, 0.15) is 11.5 Å². The summed E-state index contributed by atoms with van der Waals surface area (Å²) in [6.45, 7) is 5.62. The molecule has 3 aromatic carbocycles. The molecule has 36 heavy (non-hydrogen) atoms. The largest absolute Gasteiger partial charge is 0.462 e. The Hall–Kier alpha value is -3.75. The number of aromatic nitrogens is 1. The third-order valence-electron chi connectivity index (χ3n) is 5.99. The summed E-state index contributed by atoms with van der Waals surface area (Å²) < 4.78 is 19.6. The van der Waals surface area contributed by atoms with E-state index in [4.69, 9.17) is 14.2 Å². The van der Waals surface area contributed by atoms with Gasteiger partial charge in [0, 0.05) is 24.3 Å². The van der Waals surface area contributed by atoms with Crippen molar-refractivity contribution in [2.45, 2.75) is 26.3 Å². The Morgan fingerprint density at radius 2 is 1.67 bits per heavy atom. The molecule has 0 radical (unpaired) electrons. The standard InChI is InChI=1S/C28H26N2O5S/c1-3-33-16-15-30-21-14-13-18(27(32)34-4-2)17-24(21)36-28(30)29-26(31)25-19-9-5-7-11-22(19)35-23-12-8-6-10-20(23)25/h5-14,17,25H,3-4,15-16H2,1-2H3. The lowest BCUT2D eigenvalue weighted by molar-refractivity contribution is -0.118. The minimum Gasteiger partial charge on any atom is -0.462 e. The van der Waals surface area contributed by atoms with Gasteiger partial charge in [-0.2, -0.15) is 4.99 Å². The number of amides is 1. The van der Waals surface area contributed by atoms with Crippen LogP contribution in [-0.2, 0) is 20.8 Å². The number of hydrogen-bond acceptors (Lipinski definition) is 6. The molecule has 0 spiro atoms. The Bertz CT molecular complexity index is 1460. The monoisotopic (exact) mass is 502 g/mol. The molecule has 7 nitrogen and oxygen atoms in total. The number of carbonyl (C=O) groups excluding carboxylic acids is 2. The molecule has 0 bridgehead atoms. The first kappa shape index (κ1) is 24.0. The van der Waals surface area contributed by atoms with E-state index in [0.717, 1.165) is 21.3 Å². The number of carbonyl (C=O) groups is 2. The van der Waals surface area contributed by atoms with E-state index in [0.29, 0.717) is 48.2 Å². The lowest BCUT2D eigenvalue weighted by Gasteiger charge is -2.25. The summed E-state index contributed by atoms with van der Waals surface area (Å²) in [5.41, 5.74) is 2.92. The molecule has 0 saturated carbocycles. The highest BCUT2D eigenvalue weighted by Crippen LogP contribution is 2.44. The van der Waals surface area contributed by atoms with Gasteiger partial charge in [-0.05, 0) is 44.2 Å². The average molecular weight is 503 g/mol. The minimum atomic E-state index is -0.577. The molecular weight excluding hydrogens is 476 g/mol. The quantitative estimate of drug-likeness (QED) is 0.254. The predicted octanol–water partition coefficient (Wildman–Crippen LogP) is 5.28. The van der Waals surface area contributed by atoms with E-state index in [1.807, 2.05) is 66.1 Å². The van der Waals surface area contributed by atoms with Crippen molar-refractivity contribution in [1.29, 1.82) is 0 Å². The fourth-order valence-corrected chi connectivity index (χ4v) is 5.45. The molecule has 0 saturated heterocycles. The van der Waals surface area contributed by atoms with E-state index >= 15 is 0 Å². The van der Waals surface area contributed by atoms with E-state index in [-0.39, 0.29) is 11.9 Å². The predicted molar refractivity (Wildman–Crippen MR) is 138 cm³/mol. The maximum atomic E-state index is 13.8. The van der Waals surface area contributed by atoms with Crippen molar-refractivity contribution >= 4 is 33.4 Å². The normalized spacial score (nSPS) is 13.2. The minimum absolute atomic E-state index is 0.277. The number of fused-ring (bicyclic) bond motifs is 3. The van der Waals surface area contributed by atoms with Crippen molar-refractivity contribution in [3.63, 3.8) is 0 Å². The van der Waals surface area contributed by atoms with Crippen molar-refractivity contribution in [2.75, 3.05) is 19.8 Å². The summed E-state index contributed by atoms with van der Waals surface area (Å²) in [6.07, 6.45) is 0. The van der Waals surface area contributed by atoms with Gasteiger partial charge in [-0.15, -0.1) is 0 Å². The molecule has 0 unspecified atom stereocenters. The van der Waals surface area contributed by atoms with Crippen LogP contribution >= 0.6 is 11.3 Å². The first-order chi connectivity index (χ1) is 17.6. The third-order valence-corrected chi connectivity index (χ3v) is 7.03. The van der Waals surface area contributed by atoms with E-state index in [9.17, 15) is 9.59 Å². The molecular formula is C28H26N2O5S. The molecule has 0 aliphatic carbocycles. The molecule has 1 aromatic heterocycles. The van der Waals surface area contributed by atoms with Crippen LogP contribution in [0.25, 0.3) is 10.2 Å². The van der Waals surface area contributed by atoms with Gasteiger partial charge in [-0.25, -0.2) is 4.79 Å². The maximum Gasteiger partial charge on any atom is 0.338 e. The second-order valence-corrected chi connectivity index (χ2v) is 9.21. The van der Waals surface area contributed by atoms with Crippen LogP contribution in [0, 0.1) is 0 Å². The number of benzene rings is 3. The summed E-state index contributed by atoms with van der Waals surface area (Å²) in [5.74, 6) is 0.0831. The van der Waals surface area contributed by atoms with Crippen LogP contribution < -0.4 is 9.54 Å². The number of hydrogen-bond donors (Lipinski definition) is 0. The first-order valence-electron chi connectivity index (χ1n) is 11.9. The molecule has 1 amide bonds. The highest BCUT2D eigenvalue weighted by atomic mass is 32.1. The van der Waals surface area contributed by atoms with Crippen molar-refractivity contribution < 1.29 is 23.8 Å². The Balaban J connectivity index is 1.61. The van der Waals surface area contributed by atoms with E-state index in [1.54, 1.807) is 19.1 Å². The molecule has 0 fully saturated rings. The highest BCUT2D eigenvalue weighted by Gasteiger charge is 2.32. The van der Waals surface area contributed by atoms with Crippen molar-refractivity contribution in [3.05, 3.63) is 88.2 Å². The molecule has 1 aliphatic heterocycles. The number of rotatable bonds is 7. The number of esters is 1. The van der Waals surface area contributed by atoms with Crippen LogP contribution in [-0.4, -0.2) is 36.3 Å². The SMILES string of the molecule is CCOCCn1c(=NC(=O)C2c3ccccc3Oc3ccccc32)sc2cc(C(=O)OCC)ccc21. The van der Waals surface area contributed by atoms with E-state index < -0.39 is 5.92 Å². The zero-order valence-electron chi connectivity index (χ0n) is 20.1. The van der Waals surface area contributed by atoms with Crippen molar-refractivity contribution in [2.24, 2.45) is 4.99 Å². The second kappa shape index (κ2) is 10.5. The Morgan fingerprint density at radius 1 is 0.972 bits per heavy atom. The van der Waals surface area contributed by atoms with Gasteiger partial charge in [-0.3, -0.25) is 4.79 Å². The Morgan fingerprint density at radius 3 is 2.33 bits per heavy atom. The van der Waals surface area contributed by atoms with Crippen LogP contribution in [0.15, 0.2) is 71.7 Å². The van der Waals surface area contributed by atoms with Crippen LogP contribution in [0.1, 0.15) is 41.3 Å². The molecule has 8 heteroatoms. The number of ether oxygens (including phenoxy) is 3. The first-order valence-corrected chi connectivity index (χ1v) is 12.7. The molecule has 4 aromatic rings. The van der Waals surface area contributed by atoms with Gasteiger partial charge < -0.3 is 18.8 Å². The van der Waals surface area contributed by atoms with E-state index in [1.165, 1.54) is 11.3 Å². The lowest BCUT2D eigenvalue weighted by atomic mass is 9.87. The molecule has 0 N–H and O–H groups in total. The summed E-state index contributed by atoms with van der Waals surface area (Å²) in [4.78, 5) is 31.2. The summed E-state index contributed by atoms with van der Waals surface area (Å²) in [7, 11) is 0. The second-order valence-electron chi connectivity index (χ2n) is 8.20. The molecule has 184 valence electrons. The fraction of sp³-hybridized carbons (Fsp3) is 0.250. The smallest absolute Gasteiger partial charge is 0.338 e. The zero-order valence-corrected chi connectivity index (χ0v) is 20.9. The zero-order chi connectivity index (χ0) is 25.1. The Labute approximate surface area is 212 Å². The molecule has 5 rings (SSSR count). The number of para-hydroxylation sites is 2.